The number of alkyl halides is 3. The summed E-state index contributed by atoms with van der Waals surface area (Å²) in [4.78, 5) is 7.45. The molecule has 0 amide bonds. The molecule has 0 saturated carbocycles. The van der Waals surface area contributed by atoms with Crippen molar-refractivity contribution < 1.29 is 17.9 Å². The van der Waals surface area contributed by atoms with Gasteiger partial charge in [-0.05, 0) is 31.1 Å². The number of hydrogen-bond donors (Lipinski definition) is 1. The summed E-state index contributed by atoms with van der Waals surface area (Å²) in [7, 11) is 0. The van der Waals surface area contributed by atoms with Gasteiger partial charge >= 0.3 is 6.18 Å². The summed E-state index contributed by atoms with van der Waals surface area (Å²) in [5, 5.41) is 3.03. The molecule has 2 fully saturated rings. The maximum absolute atomic E-state index is 12.6. The lowest BCUT2D eigenvalue weighted by molar-refractivity contribution is -0.141. The Morgan fingerprint density at radius 3 is 3.00 bits per heavy atom. The van der Waals surface area contributed by atoms with E-state index in [4.69, 9.17) is 4.74 Å². The number of aromatic nitrogens is 2. The van der Waals surface area contributed by atoms with Crippen molar-refractivity contribution in [3.63, 3.8) is 0 Å². The molecule has 2 aliphatic heterocycles. The fourth-order valence-electron chi connectivity index (χ4n) is 2.78. The SMILES string of the molecule is FC(F)(F)c1ccnc(N[C@H]2CCO[C@]3(CCSC3)C2)n1. The highest BCUT2D eigenvalue weighted by atomic mass is 32.2. The summed E-state index contributed by atoms with van der Waals surface area (Å²) in [6, 6.07) is 0.936. The Hall–Kier alpha value is -1.02. The van der Waals surface area contributed by atoms with Crippen molar-refractivity contribution in [2.45, 2.75) is 37.1 Å². The zero-order chi connectivity index (χ0) is 14.9. The standard InChI is InChI=1S/C13H16F3N3OS/c14-13(15,16)10-1-4-17-11(19-10)18-9-2-5-20-12(7-9)3-6-21-8-12/h1,4,9H,2-3,5-8H2,(H,17,18,19)/t9-,12+/m0/s1. The van der Waals surface area contributed by atoms with E-state index < -0.39 is 11.9 Å². The highest BCUT2D eigenvalue weighted by molar-refractivity contribution is 7.99. The van der Waals surface area contributed by atoms with Crippen LogP contribution in [0.3, 0.4) is 0 Å². The van der Waals surface area contributed by atoms with E-state index in [1.807, 2.05) is 11.8 Å². The maximum Gasteiger partial charge on any atom is 0.433 e. The van der Waals surface area contributed by atoms with Crippen molar-refractivity contribution in [1.82, 2.24) is 9.97 Å². The number of ether oxygens (including phenoxy) is 1. The molecule has 4 nitrogen and oxygen atoms in total. The van der Waals surface area contributed by atoms with Gasteiger partial charge in [0.15, 0.2) is 0 Å². The largest absolute Gasteiger partial charge is 0.433 e. The van der Waals surface area contributed by atoms with Gasteiger partial charge in [-0.15, -0.1) is 0 Å². The molecule has 0 aliphatic carbocycles. The van der Waals surface area contributed by atoms with Crippen LogP contribution in [0.2, 0.25) is 0 Å². The second-order valence-electron chi connectivity index (χ2n) is 5.43. The summed E-state index contributed by atoms with van der Waals surface area (Å²) in [5.41, 5.74) is -1.04. The van der Waals surface area contributed by atoms with Crippen LogP contribution in [0.5, 0.6) is 0 Å². The number of hydrogen-bond acceptors (Lipinski definition) is 5. The van der Waals surface area contributed by atoms with Gasteiger partial charge in [-0.1, -0.05) is 0 Å². The van der Waals surface area contributed by atoms with E-state index in [1.165, 1.54) is 0 Å². The van der Waals surface area contributed by atoms with Crippen molar-refractivity contribution >= 4 is 17.7 Å². The normalized spacial score (nSPS) is 29.8. The zero-order valence-corrected chi connectivity index (χ0v) is 12.1. The van der Waals surface area contributed by atoms with Crippen LogP contribution < -0.4 is 5.32 Å². The van der Waals surface area contributed by atoms with Gasteiger partial charge in [-0.2, -0.15) is 24.9 Å². The van der Waals surface area contributed by atoms with E-state index in [0.29, 0.717) is 6.61 Å². The molecule has 116 valence electrons. The molecule has 1 N–H and O–H groups in total. The van der Waals surface area contributed by atoms with Crippen LogP contribution in [0.15, 0.2) is 12.3 Å². The Morgan fingerprint density at radius 2 is 2.29 bits per heavy atom. The lowest BCUT2D eigenvalue weighted by Gasteiger charge is -2.38. The van der Waals surface area contributed by atoms with Crippen molar-refractivity contribution in [2.24, 2.45) is 0 Å². The van der Waals surface area contributed by atoms with Crippen LogP contribution >= 0.6 is 11.8 Å². The molecule has 2 aliphatic rings. The first kappa shape index (κ1) is 14.9. The molecule has 0 unspecified atom stereocenters. The number of halogens is 3. The summed E-state index contributed by atoms with van der Waals surface area (Å²) in [6.45, 7) is 0.622. The predicted molar refractivity (Wildman–Crippen MR) is 74.3 cm³/mol. The van der Waals surface area contributed by atoms with E-state index >= 15 is 0 Å². The van der Waals surface area contributed by atoms with E-state index in [2.05, 4.69) is 15.3 Å². The Morgan fingerprint density at radius 1 is 1.43 bits per heavy atom. The highest BCUT2D eigenvalue weighted by Gasteiger charge is 2.40. The number of anilines is 1. The average Bonchev–Trinajstić information content (AvgIpc) is 2.86. The summed E-state index contributed by atoms with van der Waals surface area (Å²) >= 11 is 1.86. The molecule has 3 heterocycles. The molecule has 1 aromatic heterocycles. The monoisotopic (exact) mass is 319 g/mol. The molecule has 1 aromatic rings. The van der Waals surface area contributed by atoms with Crippen LogP contribution in [0.4, 0.5) is 19.1 Å². The molecule has 0 bridgehead atoms. The van der Waals surface area contributed by atoms with Crippen LogP contribution in [0.25, 0.3) is 0 Å². The highest BCUT2D eigenvalue weighted by Crippen LogP contribution is 2.38. The van der Waals surface area contributed by atoms with Gasteiger partial charge in [-0.25, -0.2) is 9.97 Å². The molecule has 2 atom stereocenters. The second-order valence-corrected chi connectivity index (χ2v) is 6.54. The number of rotatable bonds is 2. The van der Waals surface area contributed by atoms with Crippen molar-refractivity contribution in [3.05, 3.63) is 18.0 Å². The Labute approximate surface area is 124 Å². The first-order valence-electron chi connectivity index (χ1n) is 6.85. The Bertz CT molecular complexity index is 506. The third-order valence-electron chi connectivity index (χ3n) is 3.84. The smallest absolute Gasteiger partial charge is 0.374 e. The van der Waals surface area contributed by atoms with E-state index in [9.17, 15) is 13.2 Å². The Kier molecular flexibility index (Phi) is 4.00. The maximum atomic E-state index is 12.6. The van der Waals surface area contributed by atoms with Crippen molar-refractivity contribution in [1.29, 1.82) is 0 Å². The third kappa shape index (κ3) is 3.42. The van der Waals surface area contributed by atoms with E-state index in [0.717, 1.165) is 43.0 Å². The minimum atomic E-state index is -4.45. The fraction of sp³-hybridized carbons (Fsp3) is 0.692. The lowest BCUT2D eigenvalue weighted by Crippen LogP contribution is -2.44. The summed E-state index contributed by atoms with van der Waals surface area (Å²) in [6.07, 6.45) is -0.762. The number of thioether (sulfide) groups is 1. The third-order valence-corrected chi connectivity index (χ3v) is 5.06. The molecule has 8 heteroatoms. The van der Waals surface area contributed by atoms with Gasteiger partial charge in [-0.3, -0.25) is 0 Å². The predicted octanol–water partition coefficient (Wildman–Crippen LogP) is 2.96. The topological polar surface area (TPSA) is 47.0 Å². The van der Waals surface area contributed by atoms with Gasteiger partial charge < -0.3 is 10.1 Å². The zero-order valence-electron chi connectivity index (χ0n) is 11.3. The molecule has 1 spiro atoms. The minimum absolute atomic E-state index is 0.0394. The van der Waals surface area contributed by atoms with E-state index in [-0.39, 0.29) is 17.6 Å². The molecule has 3 rings (SSSR count). The van der Waals surface area contributed by atoms with Crippen LogP contribution in [-0.2, 0) is 10.9 Å². The molecule has 21 heavy (non-hydrogen) atoms. The van der Waals surface area contributed by atoms with Gasteiger partial charge in [0, 0.05) is 24.6 Å². The van der Waals surface area contributed by atoms with Crippen molar-refractivity contribution in [2.75, 3.05) is 23.4 Å². The molecular formula is C13H16F3N3OS. The van der Waals surface area contributed by atoms with E-state index in [1.54, 1.807) is 0 Å². The molecular weight excluding hydrogens is 303 g/mol. The Balaban J connectivity index is 1.69. The average molecular weight is 319 g/mol. The second kappa shape index (κ2) is 5.64. The summed E-state index contributed by atoms with van der Waals surface area (Å²) in [5.74, 6) is 2.07. The minimum Gasteiger partial charge on any atom is -0.374 e. The fourth-order valence-corrected chi connectivity index (χ4v) is 4.16. The van der Waals surface area contributed by atoms with Gasteiger partial charge in [0.1, 0.15) is 5.69 Å². The summed E-state index contributed by atoms with van der Waals surface area (Å²) < 4.78 is 43.8. The molecule has 0 aromatic carbocycles. The number of nitrogens with zero attached hydrogens (tertiary/aromatic N) is 2. The first-order chi connectivity index (χ1) is 9.97. The van der Waals surface area contributed by atoms with Crippen LogP contribution in [0.1, 0.15) is 25.0 Å². The molecule has 0 radical (unpaired) electrons. The van der Waals surface area contributed by atoms with Crippen LogP contribution in [-0.4, -0.2) is 39.7 Å². The van der Waals surface area contributed by atoms with Gasteiger partial charge in [0.2, 0.25) is 5.95 Å². The quantitative estimate of drug-likeness (QED) is 0.908. The van der Waals surface area contributed by atoms with Crippen molar-refractivity contribution in [3.8, 4) is 0 Å². The lowest BCUT2D eigenvalue weighted by atomic mass is 9.90. The van der Waals surface area contributed by atoms with Gasteiger partial charge in [0.05, 0.1) is 5.60 Å². The van der Waals surface area contributed by atoms with Crippen LogP contribution in [0, 0.1) is 0 Å². The number of nitrogens with one attached hydrogen (secondary N) is 1. The molecule has 2 saturated heterocycles. The first-order valence-corrected chi connectivity index (χ1v) is 8.01. The van der Waals surface area contributed by atoms with Gasteiger partial charge in [0.25, 0.3) is 0 Å².